The Bertz CT molecular complexity index is 357. The topological polar surface area (TPSA) is 69.1 Å². The van der Waals surface area contributed by atoms with E-state index in [-0.39, 0.29) is 0 Å². The number of carbonyl (C=O) groups is 1. The fourth-order valence-electron chi connectivity index (χ4n) is 0.858. The second-order valence-electron chi connectivity index (χ2n) is 2.52. The summed E-state index contributed by atoms with van der Waals surface area (Å²) in [6.07, 6.45) is 0. The molecule has 0 saturated heterocycles. The molecule has 0 aliphatic heterocycles. The summed E-state index contributed by atoms with van der Waals surface area (Å²) in [6, 6.07) is 7.34. The van der Waals surface area contributed by atoms with Crippen molar-refractivity contribution in [2.24, 2.45) is 11.5 Å². The summed E-state index contributed by atoms with van der Waals surface area (Å²) >= 11 is 0. The minimum atomic E-state index is -0.622. The van der Waals surface area contributed by atoms with E-state index in [1.807, 2.05) is 12.1 Å². The van der Waals surface area contributed by atoms with Crippen LogP contribution in [0.1, 0.15) is 11.1 Å². The molecule has 3 heteroatoms. The van der Waals surface area contributed by atoms with Crippen LogP contribution in [0.2, 0.25) is 0 Å². The van der Waals surface area contributed by atoms with Crippen molar-refractivity contribution < 1.29 is 4.79 Å². The molecule has 1 aromatic carbocycles. The normalized spacial score (nSPS) is 8.69. The van der Waals surface area contributed by atoms with E-state index in [9.17, 15) is 4.79 Å². The van der Waals surface area contributed by atoms with Gasteiger partial charge in [0.1, 0.15) is 0 Å². The highest BCUT2D eigenvalue weighted by molar-refractivity contribution is 5.92. The average Bonchev–Trinajstić information content (AvgIpc) is 2.15. The van der Waals surface area contributed by atoms with Gasteiger partial charge in [0.2, 0.25) is 0 Å². The average molecular weight is 174 g/mol. The zero-order valence-corrected chi connectivity index (χ0v) is 7.08. The second kappa shape index (κ2) is 4.29. The highest BCUT2D eigenvalue weighted by Crippen LogP contribution is 2.01. The van der Waals surface area contributed by atoms with Crippen LogP contribution in [0, 0.1) is 11.8 Å². The minimum absolute atomic E-state index is 0.504. The van der Waals surface area contributed by atoms with Crippen molar-refractivity contribution in [2.75, 3.05) is 0 Å². The quantitative estimate of drug-likeness (QED) is 0.587. The van der Waals surface area contributed by atoms with Crippen molar-refractivity contribution in [3.8, 4) is 11.8 Å². The van der Waals surface area contributed by atoms with E-state index in [1.165, 1.54) is 0 Å². The van der Waals surface area contributed by atoms with Gasteiger partial charge in [-0.05, 0) is 23.6 Å². The Kier molecular flexibility index (Phi) is 3.07. The summed E-state index contributed by atoms with van der Waals surface area (Å²) in [7, 11) is 0. The van der Waals surface area contributed by atoms with Gasteiger partial charge in [0.05, 0.1) is 0 Å². The highest BCUT2D eigenvalue weighted by Gasteiger charge is 1.89. The SMILES string of the molecule is NCc1ccc(C#CC(N)=O)cc1. The molecule has 0 aliphatic rings. The van der Waals surface area contributed by atoms with Gasteiger partial charge in [-0.15, -0.1) is 0 Å². The lowest BCUT2D eigenvalue weighted by Crippen LogP contribution is -2.06. The third-order valence-corrected chi connectivity index (χ3v) is 1.52. The van der Waals surface area contributed by atoms with Gasteiger partial charge in [-0.3, -0.25) is 4.79 Å². The van der Waals surface area contributed by atoms with Crippen LogP contribution in [0.15, 0.2) is 24.3 Å². The van der Waals surface area contributed by atoms with Gasteiger partial charge in [0.15, 0.2) is 0 Å². The van der Waals surface area contributed by atoms with Crippen molar-refractivity contribution in [2.45, 2.75) is 6.54 Å². The van der Waals surface area contributed by atoms with Gasteiger partial charge in [-0.1, -0.05) is 18.1 Å². The number of hydrogen-bond acceptors (Lipinski definition) is 2. The zero-order valence-electron chi connectivity index (χ0n) is 7.08. The first-order chi connectivity index (χ1) is 6.22. The summed E-state index contributed by atoms with van der Waals surface area (Å²) < 4.78 is 0. The zero-order chi connectivity index (χ0) is 9.68. The number of hydrogen-bond donors (Lipinski definition) is 2. The summed E-state index contributed by atoms with van der Waals surface area (Å²) in [6.45, 7) is 0.504. The lowest BCUT2D eigenvalue weighted by atomic mass is 10.1. The van der Waals surface area contributed by atoms with E-state index in [2.05, 4.69) is 11.8 Å². The molecule has 0 spiro atoms. The highest BCUT2D eigenvalue weighted by atomic mass is 16.1. The van der Waals surface area contributed by atoms with E-state index in [0.717, 1.165) is 11.1 Å². The van der Waals surface area contributed by atoms with Crippen LogP contribution in [-0.4, -0.2) is 5.91 Å². The number of carbonyl (C=O) groups excluding carboxylic acids is 1. The number of amides is 1. The molecule has 0 bridgehead atoms. The molecule has 66 valence electrons. The van der Waals surface area contributed by atoms with E-state index in [1.54, 1.807) is 12.1 Å². The molecule has 1 aromatic rings. The molecule has 0 heterocycles. The van der Waals surface area contributed by atoms with Crippen molar-refractivity contribution >= 4 is 5.91 Å². The van der Waals surface area contributed by atoms with E-state index in [0.29, 0.717) is 6.54 Å². The van der Waals surface area contributed by atoms with Crippen molar-refractivity contribution in [3.63, 3.8) is 0 Å². The van der Waals surface area contributed by atoms with Gasteiger partial charge in [0.25, 0.3) is 5.91 Å². The molecule has 13 heavy (non-hydrogen) atoms. The number of nitrogens with two attached hydrogens (primary N) is 2. The summed E-state index contributed by atoms with van der Waals surface area (Å²) in [4.78, 5) is 10.3. The standard InChI is InChI=1S/C10H10N2O/c11-7-9-3-1-8(2-4-9)5-6-10(12)13/h1-4H,7,11H2,(H2,12,13). The Morgan fingerprint density at radius 3 is 2.38 bits per heavy atom. The van der Waals surface area contributed by atoms with Crippen LogP contribution >= 0.6 is 0 Å². The Morgan fingerprint density at radius 2 is 1.92 bits per heavy atom. The van der Waals surface area contributed by atoms with Crippen LogP contribution in [0.4, 0.5) is 0 Å². The lowest BCUT2D eigenvalue weighted by molar-refractivity contribution is -0.112. The maximum atomic E-state index is 10.3. The monoisotopic (exact) mass is 174 g/mol. The Balaban J connectivity index is 2.83. The summed E-state index contributed by atoms with van der Waals surface area (Å²) in [5.41, 5.74) is 12.1. The third-order valence-electron chi connectivity index (χ3n) is 1.52. The predicted octanol–water partition coefficient (Wildman–Crippen LogP) is -0.0179. The number of rotatable bonds is 1. The molecule has 4 N–H and O–H groups in total. The van der Waals surface area contributed by atoms with Gasteiger partial charge in [-0.2, -0.15) is 0 Å². The van der Waals surface area contributed by atoms with Crippen molar-refractivity contribution in [1.82, 2.24) is 0 Å². The van der Waals surface area contributed by atoms with Crippen LogP contribution in [-0.2, 0) is 11.3 Å². The second-order valence-corrected chi connectivity index (χ2v) is 2.52. The molecular formula is C10H10N2O. The number of primary amides is 1. The third kappa shape index (κ3) is 2.97. The Hall–Kier alpha value is -1.79. The van der Waals surface area contributed by atoms with Gasteiger partial charge in [0, 0.05) is 12.1 Å². The number of benzene rings is 1. The molecule has 0 atom stereocenters. The fraction of sp³-hybridized carbons (Fsp3) is 0.100. The molecule has 0 fully saturated rings. The molecule has 0 aliphatic carbocycles. The first-order valence-corrected chi connectivity index (χ1v) is 3.83. The fourth-order valence-corrected chi connectivity index (χ4v) is 0.858. The summed E-state index contributed by atoms with van der Waals surface area (Å²) in [5.74, 6) is 4.26. The molecule has 0 radical (unpaired) electrons. The maximum Gasteiger partial charge on any atom is 0.293 e. The minimum Gasteiger partial charge on any atom is -0.359 e. The van der Waals surface area contributed by atoms with Gasteiger partial charge < -0.3 is 11.5 Å². The summed E-state index contributed by atoms with van der Waals surface area (Å²) in [5, 5.41) is 0. The van der Waals surface area contributed by atoms with Crippen LogP contribution < -0.4 is 11.5 Å². The Morgan fingerprint density at radius 1 is 1.31 bits per heavy atom. The lowest BCUT2D eigenvalue weighted by Gasteiger charge is -1.94. The molecule has 0 saturated carbocycles. The smallest absolute Gasteiger partial charge is 0.293 e. The van der Waals surface area contributed by atoms with E-state index < -0.39 is 5.91 Å². The first kappa shape index (κ1) is 9.30. The maximum absolute atomic E-state index is 10.3. The van der Waals surface area contributed by atoms with Crippen LogP contribution in [0.5, 0.6) is 0 Å². The van der Waals surface area contributed by atoms with Gasteiger partial charge in [-0.25, -0.2) is 0 Å². The first-order valence-electron chi connectivity index (χ1n) is 3.83. The molecule has 1 amide bonds. The van der Waals surface area contributed by atoms with Crippen molar-refractivity contribution in [1.29, 1.82) is 0 Å². The molecular weight excluding hydrogens is 164 g/mol. The Labute approximate surface area is 76.7 Å². The van der Waals surface area contributed by atoms with Crippen molar-refractivity contribution in [3.05, 3.63) is 35.4 Å². The van der Waals surface area contributed by atoms with E-state index >= 15 is 0 Å². The predicted molar refractivity (Wildman–Crippen MR) is 50.4 cm³/mol. The molecule has 0 aromatic heterocycles. The van der Waals surface area contributed by atoms with Gasteiger partial charge >= 0.3 is 0 Å². The van der Waals surface area contributed by atoms with Crippen LogP contribution in [0.3, 0.4) is 0 Å². The molecule has 1 rings (SSSR count). The van der Waals surface area contributed by atoms with E-state index in [4.69, 9.17) is 11.5 Å². The molecule has 3 nitrogen and oxygen atoms in total. The van der Waals surface area contributed by atoms with Crippen LogP contribution in [0.25, 0.3) is 0 Å². The molecule has 0 unspecified atom stereocenters. The largest absolute Gasteiger partial charge is 0.359 e.